The highest BCUT2D eigenvalue weighted by molar-refractivity contribution is 5.90. The smallest absolute Gasteiger partial charge is 0.414 e. The molecule has 0 aliphatic carbocycles. The zero-order chi connectivity index (χ0) is 17.4. The van der Waals surface area contributed by atoms with Gasteiger partial charge in [0.25, 0.3) is 0 Å². The van der Waals surface area contributed by atoms with Gasteiger partial charge >= 0.3 is 12.1 Å². The second-order valence-corrected chi connectivity index (χ2v) is 7.51. The fourth-order valence-corrected chi connectivity index (χ4v) is 2.62. The number of benzene rings is 1. The van der Waals surface area contributed by atoms with Crippen LogP contribution in [0.1, 0.15) is 52.2 Å². The van der Waals surface area contributed by atoms with E-state index >= 15 is 0 Å². The van der Waals surface area contributed by atoms with Crippen LogP contribution in [0.2, 0.25) is 0 Å². The van der Waals surface area contributed by atoms with Gasteiger partial charge in [-0.1, -0.05) is 12.1 Å². The van der Waals surface area contributed by atoms with Crippen LogP contribution in [0.15, 0.2) is 18.2 Å². The number of anilines is 1. The minimum Gasteiger partial charge on any atom is -0.481 e. The lowest BCUT2D eigenvalue weighted by atomic mass is 9.83. The first kappa shape index (κ1) is 17.3. The van der Waals surface area contributed by atoms with Gasteiger partial charge in [0.1, 0.15) is 5.60 Å². The Morgan fingerprint density at radius 2 is 1.83 bits per heavy atom. The molecular formula is C18H25NO4. The monoisotopic (exact) mass is 319 g/mol. The van der Waals surface area contributed by atoms with E-state index in [1.165, 1.54) is 0 Å². The normalized spacial score (nSPS) is 15.1. The van der Waals surface area contributed by atoms with Crippen molar-refractivity contribution in [3.8, 4) is 0 Å². The molecule has 1 amide bonds. The Morgan fingerprint density at radius 1 is 1.17 bits per heavy atom. The molecule has 2 rings (SSSR count). The number of aliphatic carboxylic acids is 1. The van der Waals surface area contributed by atoms with Gasteiger partial charge < -0.3 is 9.84 Å². The van der Waals surface area contributed by atoms with Crippen LogP contribution in [0.25, 0.3) is 0 Å². The molecule has 1 aliphatic rings. The highest BCUT2D eigenvalue weighted by Crippen LogP contribution is 2.33. The number of carbonyl (C=O) groups excluding carboxylic acids is 1. The molecule has 5 nitrogen and oxygen atoms in total. The summed E-state index contributed by atoms with van der Waals surface area (Å²) in [4.78, 5) is 25.5. The Hall–Kier alpha value is -2.04. The lowest BCUT2D eigenvalue weighted by Crippen LogP contribution is -2.40. The second-order valence-electron chi connectivity index (χ2n) is 7.51. The van der Waals surface area contributed by atoms with E-state index in [1.54, 1.807) is 24.8 Å². The quantitative estimate of drug-likeness (QED) is 0.902. The predicted molar refractivity (Wildman–Crippen MR) is 89.0 cm³/mol. The van der Waals surface area contributed by atoms with Crippen molar-refractivity contribution < 1.29 is 19.4 Å². The summed E-state index contributed by atoms with van der Waals surface area (Å²) in [6, 6.07) is 5.52. The van der Waals surface area contributed by atoms with E-state index in [0.29, 0.717) is 6.54 Å². The molecule has 0 aromatic heterocycles. The number of carboxylic acid groups (broad SMARTS) is 1. The predicted octanol–water partition coefficient (Wildman–Crippen LogP) is 3.74. The molecule has 1 aliphatic heterocycles. The third kappa shape index (κ3) is 3.66. The zero-order valence-corrected chi connectivity index (χ0v) is 14.5. The van der Waals surface area contributed by atoms with Crippen molar-refractivity contribution in [1.82, 2.24) is 0 Å². The Kier molecular flexibility index (Phi) is 4.42. The fourth-order valence-electron chi connectivity index (χ4n) is 2.62. The summed E-state index contributed by atoms with van der Waals surface area (Å²) >= 11 is 0. The van der Waals surface area contributed by atoms with E-state index in [4.69, 9.17) is 4.74 Å². The van der Waals surface area contributed by atoms with Gasteiger partial charge in [-0.15, -0.1) is 0 Å². The van der Waals surface area contributed by atoms with Gasteiger partial charge in [0.15, 0.2) is 0 Å². The summed E-state index contributed by atoms with van der Waals surface area (Å²) in [5, 5.41) is 9.38. The summed E-state index contributed by atoms with van der Waals surface area (Å²) < 4.78 is 5.46. The van der Waals surface area contributed by atoms with Crippen molar-refractivity contribution in [2.45, 2.75) is 58.5 Å². The first-order chi connectivity index (χ1) is 10.5. The maximum atomic E-state index is 12.4. The zero-order valence-electron chi connectivity index (χ0n) is 14.5. The standard InChI is InChI=1S/C18H25NO4/c1-17(2,3)23-16(22)19-10-6-7-12-11-13(8-9-14(12)19)18(4,5)15(20)21/h8-9,11H,6-7,10H2,1-5H3,(H,20,21). The van der Waals surface area contributed by atoms with E-state index in [2.05, 4.69) is 0 Å². The summed E-state index contributed by atoms with van der Waals surface area (Å²) in [5.41, 5.74) is 1.06. The van der Waals surface area contributed by atoms with Crippen LogP contribution in [0.3, 0.4) is 0 Å². The number of fused-ring (bicyclic) bond motifs is 1. The molecule has 0 saturated heterocycles. The van der Waals surface area contributed by atoms with Crippen LogP contribution in [0, 0.1) is 0 Å². The first-order valence-electron chi connectivity index (χ1n) is 7.90. The van der Waals surface area contributed by atoms with Gasteiger partial charge in [0, 0.05) is 6.54 Å². The van der Waals surface area contributed by atoms with Crippen LogP contribution in [0.5, 0.6) is 0 Å². The Bertz CT molecular complexity index is 628. The maximum Gasteiger partial charge on any atom is 0.414 e. The molecule has 0 radical (unpaired) electrons. The van der Waals surface area contributed by atoms with Crippen molar-refractivity contribution in [1.29, 1.82) is 0 Å². The summed E-state index contributed by atoms with van der Waals surface area (Å²) in [7, 11) is 0. The number of hydrogen-bond donors (Lipinski definition) is 1. The number of carboxylic acids is 1. The van der Waals surface area contributed by atoms with E-state index in [9.17, 15) is 14.7 Å². The topological polar surface area (TPSA) is 66.8 Å². The van der Waals surface area contributed by atoms with E-state index in [1.807, 2.05) is 32.9 Å². The van der Waals surface area contributed by atoms with Crippen LogP contribution >= 0.6 is 0 Å². The Labute approximate surface area is 137 Å². The van der Waals surface area contributed by atoms with Crippen molar-refractivity contribution in [2.24, 2.45) is 0 Å². The molecule has 1 heterocycles. The minimum atomic E-state index is -0.955. The largest absolute Gasteiger partial charge is 0.481 e. The number of ether oxygens (including phenoxy) is 1. The van der Waals surface area contributed by atoms with E-state index in [-0.39, 0.29) is 6.09 Å². The Morgan fingerprint density at radius 3 is 2.39 bits per heavy atom. The maximum absolute atomic E-state index is 12.4. The number of carbonyl (C=O) groups is 2. The van der Waals surface area contributed by atoms with E-state index in [0.717, 1.165) is 29.7 Å². The first-order valence-corrected chi connectivity index (χ1v) is 7.90. The lowest BCUT2D eigenvalue weighted by Gasteiger charge is -2.32. The molecule has 23 heavy (non-hydrogen) atoms. The number of amides is 1. The number of hydrogen-bond acceptors (Lipinski definition) is 3. The average Bonchev–Trinajstić information content (AvgIpc) is 2.43. The molecule has 0 spiro atoms. The van der Waals surface area contributed by atoms with Crippen LogP contribution in [-0.4, -0.2) is 29.3 Å². The SMILES string of the molecule is CC(C)(C)OC(=O)N1CCCc2cc(C(C)(C)C(=O)O)ccc21. The lowest BCUT2D eigenvalue weighted by molar-refractivity contribution is -0.142. The molecule has 1 N–H and O–H groups in total. The average molecular weight is 319 g/mol. The molecular weight excluding hydrogens is 294 g/mol. The number of rotatable bonds is 2. The number of aryl methyl sites for hydroxylation is 1. The second kappa shape index (κ2) is 5.87. The van der Waals surface area contributed by atoms with Gasteiger partial charge in [0.05, 0.1) is 11.1 Å². The molecule has 0 bridgehead atoms. The molecule has 1 aromatic rings. The molecule has 0 atom stereocenters. The molecule has 1 aromatic carbocycles. The van der Waals surface area contributed by atoms with Gasteiger partial charge in [0.2, 0.25) is 0 Å². The molecule has 0 fully saturated rings. The van der Waals surface area contributed by atoms with E-state index < -0.39 is 17.0 Å². The molecule has 0 saturated carbocycles. The number of nitrogens with zero attached hydrogens (tertiary/aromatic N) is 1. The highest BCUT2D eigenvalue weighted by Gasteiger charge is 2.32. The van der Waals surface area contributed by atoms with Crippen LogP contribution in [-0.2, 0) is 21.4 Å². The summed E-state index contributed by atoms with van der Waals surface area (Å²) in [5.74, 6) is -0.864. The van der Waals surface area contributed by atoms with Crippen molar-refractivity contribution >= 4 is 17.7 Å². The van der Waals surface area contributed by atoms with Gasteiger partial charge in [-0.2, -0.15) is 0 Å². The van der Waals surface area contributed by atoms with Gasteiger partial charge in [-0.25, -0.2) is 4.79 Å². The van der Waals surface area contributed by atoms with Crippen molar-refractivity contribution in [3.05, 3.63) is 29.3 Å². The van der Waals surface area contributed by atoms with Crippen LogP contribution < -0.4 is 4.90 Å². The fraction of sp³-hybridized carbons (Fsp3) is 0.556. The third-order valence-electron chi connectivity index (χ3n) is 4.07. The Balaban J connectivity index is 2.34. The third-order valence-corrected chi connectivity index (χ3v) is 4.07. The van der Waals surface area contributed by atoms with Gasteiger partial charge in [-0.3, -0.25) is 9.69 Å². The van der Waals surface area contributed by atoms with Crippen molar-refractivity contribution in [3.63, 3.8) is 0 Å². The van der Waals surface area contributed by atoms with Crippen LogP contribution in [0.4, 0.5) is 10.5 Å². The van der Waals surface area contributed by atoms with Gasteiger partial charge in [-0.05, 0) is 64.7 Å². The highest BCUT2D eigenvalue weighted by atomic mass is 16.6. The summed E-state index contributed by atoms with van der Waals surface area (Å²) in [6.45, 7) is 9.51. The van der Waals surface area contributed by atoms with Crippen molar-refractivity contribution in [2.75, 3.05) is 11.4 Å². The minimum absolute atomic E-state index is 0.358. The molecule has 0 unspecified atom stereocenters. The molecule has 126 valence electrons. The molecule has 5 heteroatoms. The summed E-state index contributed by atoms with van der Waals surface area (Å²) in [6.07, 6.45) is 1.31.